The first-order valence-corrected chi connectivity index (χ1v) is 4.89. The summed E-state index contributed by atoms with van der Waals surface area (Å²) >= 11 is 0. The van der Waals surface area contributed by atoms with Crippen molar-refractivity contribution in [1.82, 2.24) is 0 Å². The quantitative estimate of drug-likeness (QED) is 0.653. The van der Waals surface area contributed by atoms with Crippen LogP contribution in [0.3, 0.4) is 0 Å². The zero-order chi connectivity index (χ0) is 10.1. The monoisotopic (exact) mass is 179 g/mol. The van der Waals surface area contributed by atoms with Gasteiger partial charge in [-0.25, -0.2) is 0 Å². The molecule has 2 nitrogen and oxygen atoms in total. The summed E-state index contributed by atoms with van der Waals surface area (Å²) in [5, 5.41) is 8.75. The molecule has 0 spiro atoms. The Hall–Kier alpha value is -0.840. The Kier molecular flexibility index (Phi) is 2.75. The van der Waals surface area contributed by atoms with Gasteiger partial charge in [0.2, 0.25) is 0 Å². The largest absolute Gasteiger partial charge is 0.299 e. The lowest BCUT2D eigenvalue weighted by Gasteiger charge is -2.28. The van der Waals surface area contributed by atoms with E-state index in [2.05, 4.69) is 6.07 Å². The Morgan fingerprint density at radius 1 is 1.46 bits per heavy atom. The number of hydrogen-bond donors (Lipinski definition) is 0. The zero-order valence-electron chi connectivity index (χ0n) is 8.63. The van der Waals surface area contributed by atoms with Gasteiger partial charge in [-0.3, -0.25) is 4.79 Å². The Balaban J connectivity index is 2.66. The molecule has 72 valence electrons. The maximum atomic E-state index is 11.4. The summed E-state index contributed by atoms with van der Waals surface area (Å²) in [4.78, 5) is 11.4. The summed E-state index contributed by atoms with van der Waals surface area (Å²) in [7, 11) is 0. The molecule has 1 rings (SSSR count). The van der Waals surface area contributed by atoms with Crippen molar-refractivity contribution < 1.29 is 4.79 Å². The lowest BCUT2D eigenvalue weighted by atomic mass is 9.74. The van der Waals surface area contributed by atoms with E-state index in [1.54, 1.807) is 6.92 Å². The Morgan fingerprint density at radius 2 is 2.08 bits per heavy atom. The van der Waals surface area contributed by atoms with Gasteiger partial charge >= 0.3 is 0 Å². The summed E-state index contributed by atoms with van der Waals surface area (Å²) in [6.45, 7) is 5.65. The van der Waals surface area contributed by atoms with Gasteiger partial charge in [-0.15, -0.1) is 0 Å². The van der Waals surface area contributed by atoms with E-state index in [9.17, 15) is 4.79 Å². The average molecular weight is 179 g/mol. The minimum atomic E-state index is -0.231. The van der Waals surface area contributed by atoms with Crippen LogP contribution in [0.25, 0.3) is 0 Å². The van der Waals surface area contributed by atoms with Crippen LogP contribution in [0.2, 0.25) is 0 Å². The summed E-state index contributed by atoms with van der Waals surface area (Å²) in [6.07, 6.45) is 2.91. The van der Waals surface area contributed by atoms with Crippen molar-refractivity contribution in [1.29, 1.82) is 5.26 Å². The van der Waals surface area contributed by atoms with E-state index in [1.807, 2.05) is 13.8 Å². The maximum Gasteiger partial charge on any atom is 0.135 e. The molecule has 2 atom stereocenters. The van der Waals surface area contributed by atoms with Crippen LogP contribution in [0.5, 0.6) is 0 Å². The Morgan fingerprint density at radius 3 is 2.46 bits per heavy atom. The van der Waals surface area contributed by atoms with E-state index < -0.39 is 0 Å². The summed E-state index contributed by atoms with van der Waals surface area (Å²) in [6, 6.07) is 2.29. The molecule has 2 unspecified atom stereocenters. The van der Waals surface area contributed by atoms with Crippen LogP contribution in [0.15, 0.2) is 0 Å². The van der Waals surface area contributed by atoms with Crippen LogP contribution >= 0.6 is 0 Å². The van der Waals surface area contributed by atoms with Gasteiger partial charge < -0.3 is 0 Å². The SMILES string of the molecule is CC(=O)C(C)(C)C1CCC(C#N)C1. The number of hydrogen-bond acceptors (Lipinski definition) is 2. The highest BCUT2D eigenvalue weighted by molar-refractivity contribution is 5.81. The molecule has 1 aliphatic carbocycles. The minimum absolute atomic E-state index is 0.184. The summed E-state index contributed by atoms with van der Waals surface area (Å²) in [5.41, 5.74) is -0.231. The molecule has 1 fully saturated rings. The lowest BCUT2D eigenvalue weighted by Crippen LogP contribution is -2.29. The Bertz CT molecular complexity index is 249. The van der Waals surface area contributed by atoms with Crippen molar-refractivity contribution in [2.45, 2.75) is 40.0 Å². The predicted molar refractivity (Wildman–Crippen MR) is 50.9 cm³/mol. The number of carbonyl (C=O) groups excluding carboxylic acids is 1. The molecule has 0 heterocycles. The van der Waals surface area contributed by atoms with Gasteiger partial charge in [0.15, 0.2) is 0 Å². The van der Waals surface area contributed by atoms with Crippen LogP contribution in [-0.4, -0.2) is 5.78 Å². The molecule has 1 aliphatic rings. The Labute approximate surface area is 79.9 Å². The number of nitriles is 1. The van der Waals surface area contributed by atoms with E-state index in [-0.39, 0.29) is 17.1 Å². The fourth-order valence-electron chi connectivity index (χ4n) is 2.04. The van der Waals surface area contributed by atoms with Crippen molar-refractivity contribution >= 4 is 5.78 Å². The molecule has 13 heavy (non-hydrogen) atoms. The van der Waals surface area contributed by atoms with Gasteiger partial charge in [-0.1, -0.05) is 13.8 Å². The molecule has 0 aromatic carbocycles. The summed E-state index contributed by atoms with van der Waals surface area (Å²) in [5.74, 6) is 0.842. The second-order valence-electron chi connectivity index (χ2n) is 4.61. The third-order valence-electron chi connectivity index (χ3n) is 3.54. The third kappa shape index (κ3) is 1.91. The zero-order valence-corrected chi connectivity index (χ0v) is 8.63. The lowest BCUT2D eigenvalue weighted by molar-refractivity contribution is -0.127. The van der Waals surface area contributed by atoms with Crippen molar-refractivity contribution in [3.8, 4) is 6.07 Å². The van der Waals surface area contributed by atoms with Crippen LogP contribution in [-0.2, 0) is 4.79 Å². The standard InChI is InChI=1S/C11H17NO/c1-8(13)11(2,3)10-5-4-9(6-10)7-12/h9-10H,4-6H2,1-3H3. The normalized spacial score (nSPS) is 28.5. The molecule has 0 saturated heterocycles. The van der Waals surface area contributed by atoms with Crippen LogP contribution in [0.1, 0.15) is 40.0 Å². The molecule has 2 heteroatoms. The number of rotatable bonds is 2. The molecule has 0 radical (unpaired) electrons. The van der Waals surface area contributed by atoms with Crippen LogP contribution in [0.4, 0.5) is 0 Å². The number of ketones is 1. The first-order valence-electron chi connectivity index (χ1n) is 4.89. The molecule has 0 amide bonds. The third-order valence-corrected chi connectivity index (χ3v) is 3.54. The smallest absolute Gasteiger partial charge is 0.135 e. The van der Waals surface area contributed by atoms with Crippen molar-refractivity contribution in [2.75, 3.05) is 0 Å². The van der Waals surface area contributed by atoms with Gasteiger partial charge in [0.05, 0.1) is 6.07 Å². The molecular weight excluding hydrogens is 162 g/mol. The molecule has 0 aliphatic heterocycles. The molecular formula is C11H17NO. The molecule has 1 saturated carbocycles. The fourth-order valence-corrected chi connectivity index (χ4v) is 2.04. The van der Waals surface area contributed by atoms with Crippen molar-refractivity contribution in [2.24, 2.45) is 17.3 Å². The van der Waals surface area contributed by atoms with Gasteiger partial charge in [-0.05, 0) is 32.1 Å². The number of Topliss-reactive ketones (excluding diaryl/α,β-unsaturated/α-hetero) is 1. The predicted octanol–water partition coefficient (Wildman–Crippen LogP) is 2.54. The van der Waals surface area contributed by atoms with Crippen molar-refractivity contribution in [3.63, 3.8) is 0 Å². The second-order valence-corrected chi connectivity index (χ2v) is 4.61. The van der Waals surface area contributed by atoms with Gasteiger partial charge in [0.1, 0.15) is 5.78 Å². The van der Waals surface area contributed by atoms with Gasteiger partial charge in [0, 0.05) is 11.3 Å². The van der Waals surface area contributed by atoms with Gasteiger partial charge in [-0.2, -0.15) is 5.26 Å². The number of carbonyl (C=O) groups is 1. The highest BCUT2D eigenvalue weighted by Crippen LogP contribution is 2.42. The van der Waals surface area contributed by atoms with E-state index >= 15 is 0 Å². The van der Waals surface area contributed by atoms with Crippen LogP contribution < -0.4 is 0 Å². The van der Waals surface area contributed by atoms with Crippen LogP contribution in [0, 0.1) is 28.6 Å². The molecule has 0 aromatic rings. The van der Waals surface area contributed by atoms with Gasteiger partial charge in [0.25, 0.3) is 0 Å². The topological polar surface area (TPSA) is 40.9 Å². The molecule has 0 aromatic heterocycles. The second kappa shape index (κ2) is 3.49. The molecule has 0 N–H and O–H groups in total. The van der Waals surface area contributed by atoms with E-state index in [0.717, 1.165) is 19.3 Å². The highest BCUT2D eigenvalue weighted by Gasteiger charge is 2.38. The van der Waals surface area contributed by atoms with E-state index in [1.165, 1.54) is 0 Å². The fraction of sp³-hybridized carbons (Fsp3) is 0.818. The van der Waals surface area contributed by atoms with Crippen molar-refractivity contribution in [3.05, 3.63) is 0 Å². The van der Waals surface area contributed by atoms with E-state index in [0.29, 0.717) is 5.92 Å². The molecule has 0 bridgehead atoms. The first-order chi connectivity index (χ1) is 5.98. The first kappa shape index (κ1) is 10.2. The minimum Gasteiger partial charge on any atom is -0.299 e. The number of nitrogens with zero attached hydrogens (tertiary/aromatic N) is 1. The summed E-state index contributed by atoms with van der Waals surface area (Å²) < 4.78 is 0. The maximum absolute atomic E-state index is 11.4. The highest BCUT2D eigenvalue weighted by atomic mass is 16.1. The average Bonchev–Trinajstić information content (AvgIpc) is 2.51. The van der Waals surface area contributed by atoms with E-state index in [4.69, 9.17) is 5.26 Å².